The number of rotatable bonds is 9. The quantitative estimate of drug-likeness (QED) is 0.737. The van der Waals surface area contributed by atoms with Crippen molar-refractivity contribution < 1.29 is 14.6 Å². The number of aliphatic hydroxyl groups is 1. The van der Waals surface area contributed by atoms with Crippen LogP contribution < -0.4 is 10.1 Å². The predicted octanol–water partition coefficient (Wildman–Crippen LogP) is 3.13. The van der Waals surface area contributed by atoms with Gasteiger partial charge in [0.15, 0.2) is 0 Å². The van der Waals surface area contributed by atoms with Gasteiger partial charge < -0.3 is 15.2 Å². The first-order valence-corrected chi connectivity index (χ1v) is 8.73. The van der Waals surface area contributed by atoms with Crippen LogP contribution in [0.15, 0.2) is 54.6 Å². The van der Waals surface area contributed by atoms with Gasteiger partial charge >= 0.3 is 0 Å². The molecular weight excluding hydrogens is 314 g/mol. The zero-order valence-electron chi connectivity index (χ0n) is 15.0. The topological polar surface area (TPSA) is 58.6 Å². The first kappa shape index (κ1) is 19.0. The molecule has 0 aliphatic carbocycles. The highest BCUT2D eigenvalue weighted by Gasteiger charge is 2.21. The van der Waals surface area contributed by atoms with Crippen LogP contribution in [0.3, 0.4) is 0 Å². The molecule has 0 bridgehead atoms. The van der Waals surface area contributed by atoms with Crippen molar-refractivity contribution in [2.45, 2.75) is 38.7 Å². The Hall–Kier alpha value is -2.33. The van der Waals surface area contributed by atoms with Crippen molar-refractivity contribution in [3.8, 4) is 5.75 Å². The van der Waals surface area contributed by atoms with Crippen LogP contribution in [0.2, 0.25) is 0 Å². The molecule has 0 aliphatic rings. The minimum Gasteiger partial charge on any atom is -0.494 e. The average Bonchev–Trinajstić information content (AvgIpc) is 2.61. The lowest BCUT2D eigenvalue weighted by Crippen LogP contribution is -2.41. The first-order chi connectivity index (χ1) is 12.0. The molecule has 25 heavy (non-hydrogen) atoms. The predicted molar refractivity (Wildman–Crippen MR) is 99.7 cm³/mol. The van der Waals surface area contributed by atoms with Crippen LogP contribution in [-0.2, 0) is 17.6 Å². The molecule has 2 rings (SSSR count). The maximum absolute atomic E-state index is 12.1. The lowest BCUT2D eigenvalue weighted by Gasteiger charge is -2.23. The van der Waals surface area contributed by atoms with Crippen molar-refractivity contribution in [1.82, 2.24) is 5.32 Å². The standard InChI is InChI=1S/C21H27NO3/c1-3-25-19-11-9-18(10-12-19)15-20(23)22-16-21(2,24)14-13-17-7-5-4-6-8-17/h4-12,24H,3,13-16H2,1-2H3,(H,22,23). The Bertz CT molecular complexity index is 651. The number of hydrogen-bond acceptors (Lipinski definition) is 3. The molecule has 4 heteroatoms. The Kier molecular flexibility index (Phi) is 7.02. The Balaban J connectivity index is 1.76. The van der Waals surface area contributed by atoms with Crippen LogP contribution in [0.5, 0.6) is 5.75 Å². The van der Waals surface area contributed by atoms with Gasteiger partial charge in [-0.1, -0.05) is 42.5 Å². The summed E-state index contributed by atoms with van der Waals surface area (Å²) < 4.78 is 5.39. The zero-order chi connectivity index (χ0) is 18.1. The summed E-state index contributed by atoms with van der Waals surface area (Å²) in [6.45, 7) is 4.56. The summed E-state index contributed by atoms with van der Waals surface area (Å²) >= 11 is 0. The highest BCUT2D eigenvalue weighted by Crippen LogP contribution is 2.14. The van der Waals surface area contributed by atoms with Crippen molar-refractivity contribution in [3.63, 3.8) is 0 Å². The van der Waals surface area contributed by atoms with Gasteiger partial charge in [-0.15, -0.1) is 0 Å². The minimum absolute atomic E-state index is 0.0934. The normalized spacial score (nSPS) is 13.1. The fourth-order valence-corrected chi connectivity index (χ4v) is 2.55. The highest BCUT2D eigenvalue weighted by molar-refractivity contribution is 5.78. The molecule has 0 saturated carbocycles. The molecule has 1 unspecified atom stereocenters. The number of amides is 1. The number of carbonyl (C=O) groups is 1. The van der Waals surface area contributed by atoms with Gasteiger partial charge in [-0.25, -0.2) is 0 Å². The molecule has 0 aromatic heterocycles. The number of aryl methyl sites for hydroxylation is 1. The summed E-state index contributed by atoms with van der Waals surface area (Å²) in [6, 6.07) is 17.5. The van der Waals surface area contributed by atoms with Crippen molar-refractivity contribution in [1.29, 1.82) is 0 Å². The third kappa shape index (κ3) is 6.98. The van der Waals surface area contributed by atoms with Crippen LogP contribution in [0, 0.1) is 0 Å². The van der Waals surface area contributed by atoms with Crippen LogP contribution in [0.4, 0.5) is 0 Å². The number of ether oxygens (including phenoxy) is 1. The molecule has 0 saturated heterocycles. The molecule has 1 amide bonds. The number of hydrogen-bond donors (Lipinski definition) is 2. The van der Waals surface area contributed by atoms with E-state index in [0.29, 0.717) is 19.4 Å². The van der Waals surface area contributed by atoms with Crippen LogP contribution in [0.1, 0.15) is 31.4 Å². The summed E-state index contributed by atoms with van der Waals surface area (Å²) in [5.41, 5.74) is 1.18. The maximum Gasteiger partial charge on any atom is 0.224 e. The smallest absolute Gasteiger partial charge is 0.224 e. The van der Waals surface area contributed by atoms with Crippen molar-refractivity contribution in [2.75, 3.05) is 13.2 Å². The SMILES string of the molecule is CCOc1ccc(CC(=O)NCC(C)(O)CCc2ccccc2)cc1. The van der Waals surface area contributed by atoms with E-state index in [1.54, 1.807) is 6.92 Å². The molecule has 2 aromatic carbocycles. The van der Waals surface area contributed by atoms with Gasteiger partial charge in [0.2, 0.25) is 5.91 Å². The molecule has 2 aromatic rings. The molecule has 1 atom stereocenters. The Labute approximate surface area is 149 Å². The monoisotopic (exact) mass is 341 g/mol. The Morgan fingerprint density at radius 1 is 1.08 bits per heavy atom. The molecule has 4 nitrogen and oxygen atoms in total. The first-order valence-electron chi connectivity index (χ1n) is 8.73. The summed E-state index contributed by atoms with van der Waals surface area (Å²) in [5.74, 6) is 0.708. The van der Waals surface area contributed by atoms with Crippen molar-refractivity contribution >= 4 is 5.91 Å². The summed E-state index contributed by atoms with van der Waals surface area (Å²) in [7, 11) is 0. The third-order valence-electron chi connectivity index (χ3n) is 4.06. The van der Waals surface area contributed by atoms with Gasteiger partial charge in [0.25, 0.3) is 0 Å². The minimum atomic E-state index is -0.926. The average molecular weight is 341 g/mol. The highest BCUT2D eigenvalue weighted by atomic mass is 16.5. The number of benzene rings is 2. The molecule has 0 heterocycles. The molecule has 0 radical (unpaired) electrons. The van der Waals surface area contributed by atoms with Gasteiger partial charge in [-0.3, -0.25) is 4.79 Å². The number of carbonyl (C=O) groups excluding carboxylic acids is 1. The second-order valence-electron chi connectivity index (χ2n) is 6.51. The van der Waals surface area contributed by atoms with Gasteiger partial charge in [-0.05, 0) is 49.9 Å². The fourth-order valence-electron chi connectivity index (χ4n) is 2.55. The van der Waals surface area contributed by atoms with E-state index in [-0.39, 0.29) is 12.5 Å². The molecule has 0 spiro atoms. The van der Waals surface area contributed by atoms with Gasteiger partial charge in [0.05, 0.1) is 18.6 Å². The Morgan fingerprint density at radius 2 is 1.76 bits per heavy atom. The molecule has 2 N–H and O–H groups in total. The lowest BCUT2D eigenvalue weighted by atomic mass is 9.96. The van der Waals surface area contributed by atoms with Crippen molar-refractivity contribution in [2.24, 2.45) is 0 Å². The van der Waals surface area contributed by atoms with E-state index in [4.69, 9.17) is 4.74 Å². The second-order valence-corrected chi connectivity index (χ2v) is 6.51. The van der Waals surface area contributed by atoms with Gasteiger partial charge in [0, 0.05) is 6.54 Å². The van der Waals surface area contributed by atoms with E-state index in [9.17, 15) is 9.90 Å². The lowest BCUT2D eigenvalue weighted by molar-refractivity contribution is -0.121. The van der Waals surface area contributed by atoms with E-state index in [1.807, 2.05) is 61.5 Å². The third-order valence-corrected chi connectivity index (χ3v) is 4.06. The maximum atomic E-state index is 12.1. The molecule has 0 aliphatic heterocycles. The van der Waals surface area contributed by atoms with Crippen molar-refractivity contribution in [3.05, 3.63) is 65.7 Å². The van der Waals surface area contributed by atoms with E-state index in [2.05, 4.69) is 5.32 Å². The summed E-state index contributed by atoms with van der Waals surface area (Å²) in [5, 5.41) is 13.3. The van der Waals surface area contributed by atoms with Crippen LogP contribution in [-0.4, -0.2) is 29.8 Å². The Morgan fingerprint density at radius 3 is 2.40 bits per heavy atom. The summed E-state index contributed by atoms with van der Waals surface area (Å²) in [4.78, 5) is 12.1. The van der Waals surface area contributed by atoms with Gasteiger partial charge in [-0.2, -0.15) is 0 Å². The summed E-state index contributed by atoms with van der Waals surface area (Å²) in [6.07, 6.45) is 1.67. The van der Waals surface area contributed by atoms with Crippen LogP contribution in [0.25, 0.3) is 0 Å². The van der Waals surface area contributed by atoms with E-state index >= 15 is 0 Å². The molecule has 0 fully saturated rings. The molecule has 134 valence electrons. The zero-order valence-corrected chi connectivity index (χ0v) is 15.0. The largest absolute Gasteiger partial charge is 0.494 e. The van der Waals surface area contributed by atoms with Crippen LogP contribution >= 0.6 is 0 Å². The van der Waals surface area contributed by atoms with E-state index in [0.717, 1.165) is 17.7 Å². The second kappa shape index (κ2) is 9.23. The molecular formula is C21H27NO3. The van der Waals surface area contributed by atoms with E-state index < -0.39 is 5.60 Å². The fraction of sp³-hybridized carbons (Fsp3) is 0.381. The van der Waals surface area contributed by atoms with E-state index in [1.165, 1.54) is 5.56 Å². The number of nitrogens with one attached hydrogen (secondary N) is 1. The van der Waals surface area contributed by atoms with Gasteiger partial charge in [0.1, 0.15) is 5.75 Å².